The van der Waals surface area contributed by atoms with Crippen molar-refractivity contribution in [3.8, 4) is 0 Å². The van der Waals surface area contributed by atoms with Gasteiger partial charge in [-0.25, -0.2) is 4.79 Å². The quantitative estimate of drug-likeness (QED) is 0.503. The van der Waals surface area contributed by atoms with Crippen molar-refractivity contribution in [1.82, 2.24) is 25.9 Å². The molecule has 2 N–H and O–H groups in total. The normalized spacial score (nSPS) is 10.9. The Kier molecular flexibility index (Phi) is 3.54. The molecule has 0 saturated heterocycles. The molecule has 1 heterocycles. The minimum Gasteiger partial charge on any atom is -0.453 e. The summed E-state index contributed by atoms with van der Waals surface area (Å²) >= 11 is 0. The lowest BCUT2D eigenvalue weighted by Gasteiger charge is -2.18. The Balaban J connectivity index is 2.38. The average molecular weight is 227 g/mol. The highest BCUT2D eigenvalue weighted by atomic mass is 16.6. The second-order valence-electron chi connectivity index (χ2n) is 4.01. The number of hydrogen-bond donors (Lipinski definition) is 2. The number of hydrogen-bond acceptors (Lipinski definition) is 6. The number of aromatic amines is 1. The Morgan fingerprint density at radius 1 is 1.44 bits per heavy atom. The number of carbonyl (C=O) groups is 2. The van der Waals surface area contributed by atoms with Gasteiger partial charge in [0.25, 0.3) is 0 Å². The predicted octanol–water partition coefficient (Wildman–Crippen LogP) is -0.842. The van der Waals surface area contributed by atoms with Crippen molar-refractivity contribution in [1.29, 1.82) is 0 Å². The monoisotopic (exact) mass is 227 g/mol. The fourth-order valence-corrected chi connectivity index (χ4v) is 0.813. The molecule has 8 heteroatoms. The first kappa shape index (κ1) is 12.1. The number of H-pyrrole nitrogens is 1. The molecule has 88 valence electrons. The highest BCUT2D eigenvalue weighted by Gasteiger charge is 2.22. The molecule has 8 nitrogen and oxygen atoms in total. The van der Waals surface area contributed by atoms with Crippen LogP contribution >= 0.6 is 0 Å². The Hall–Kier alpha value is -1.99. The second-order valence-corrected chi connectivity index (χ2v) is 4.01. The molecule has 0 aliphatic rings. The first-order valence-electron chi connectivity index (χ1n) is 4.62. The van der Waals surface area contributed by atoms with Crippen molar-refractivity contribution in [3.63, 3.8) is 0 Å². The van der Waals surface area contributed by atoms with E-state index in [9.17, 15) is 9.59 Å². The number of rotatable bonds is 2. The van der Waals surface area contributed by atoms with Gasteiger partial charge in [0.15, 0.2) is 5.82 Å². The van der Waals surface area contributed by atoms with Crippen molar-refractivity contribution in [3.05, 3.63) is 5.82 Å². The van der Waals surface area contributed by atoms with Gasteiger partial charge in [0.1, 0.15) is 5.60 Å². The van der Waals surface area contributed by atoms with Crippen LogP contribution in [0.3, 0.4) is 0 Å². The van der Waals surface area contributed by atoms with Crippen LogP contribution < -0.4 is 5.32 Å². The average Bonchev–Trinajstić information content (AvgIpc) is 2.63. The van der Waals surface area contributed by atoms with Crippen LogP contribution in [0.5, 0.6) is 0 Å². The van der Waals surface area contributed by atoms with E-state index in [1.165, 1.54) is 0 Å². The zero-order chi connectivity index (χ0) is 12.2. The zero-order valence-electron chi connectivity index (χ0n) is 9.27. The van der Waals surface area contributed by atoms with Crippen molar-refractivity contribution in [2.75, 3.05) is 0 Å². The molecule has 0 saturated carbocycles. The maximum atomic E-state index is 11.2. The number of nitrogens with zero attached hydrogens (tertiary/aromatic N) is 3. The fraction of sp³-hybridized carbons (Fsp3) is 0.625. The smallest absolute Gasteiger partial charge is 0.397 e. The molecule has 0 bridgehead atoms. The number of aromatic nitrogens is 4. The van der Waals surface area contributed by atoms with Crippen molar-refractivity contribution in [2.24, 2.45) is 0 Å². The summed E-state index contributed by atoms with van der Waals surface area (Å²) in [6, 6.07) is 0. The van der Waals surface area contributed by atoms with Crippen LogP contribution in [0.4, 0.5) is 0 Å². The summed E-state index contributed by atoms with van der Waals surface area (Å²) in [6.07, 6.45) is 0. The van der Waals surface area contributed by atoms with Gasteiger partial charge in [0.05, 0.1) is 6.54 Å². The van der Waals surface area contributed by atoms with E-state index < -0.39 is 17.5 Å². The summed E-state index contributed by atoms with van der Waals surface area (Å²) in [5.74, 6) is -1.48. The molecular formula is C8H13N5O3. The van der Waals surface area contributed by atoms with E-state index in [4.69, 9.17) is 4.74 Å². The molecule has 1 rings (SSSR count). The Bertz CT molecular complexity index is 368. The van der Waals surface area contributed by atoms with Gasteiger partial charge in [-0.2, -0.15) is 5.21 Å². The van der Waals surface area contributed by atoms with E-state index in [0.29, 0.717) is 0 Å². The summed E-state index contributed by atoms with van der Waals surface area (Å²) in [5, 5.41) is 15.0. The van der Waals surface area contributed by atoms with E-state index in [-0.39, 0.29) is 12.4 Å². The molecule has 0 spiro atoms. The summed E-state index contributed by atoms with van der Waals surface area (Å²) in [5.41, 5.74) is -0.694. The highest BCUT2D eigenvalue weighted by molar-refractivity contribution is 6.32. The molecule has 1 aromatic rings. The molecule has 0 aliphatic heterocycles. The third-order valence-corrected chi connectivity index (χ3v) is 1.38. The minimum atomic E-state index is -0.934. The second kappa shape index (κ2) is 4.69. The fourth-order valence-electron chi connectivity index (χ4n) is 0.813. The van der Waals surface area contributed by atoms with E-state index in [2.05, 4.69) is 25.9 Å². The number of esters is 1. The number of ether oxygens (including phenoxy) is 1. The topological polar surface area (TPSA) is 110 Å². The summed E-state index contributed by atoms with van der Waals surface area (Å²) in [4.78, 5) is 22.5. The summed E-state index contributed by atoms with van der Waals surface area (Å²) in [7, 11) is 0. The van der Waals surface area contributed by atoms with Gasteiger partial charge in [-0.3, -0.25) is 4.79 Å². The Morgan fingerprint density at radius 2 is 2.12 bits per heavy atom. The van der Waals surface area contributed by atoms with Gasteiger partial charge in [0, 0.05) is 0 Å². The van der Waals surface area contributed by atoms with Gasteiger partial charge in [-0.15, -0.1) is 10.2 Å². The summed E-state index contributed by atoms with van der Waals surface area (Å²) < 4.78 is 4.85. The molecular weight excluding hydrogens is 214 g/mol. The largest absolute Gasteiger partial charge is 0.453 e. The maximum absolute atomic E-state index is 11.2. The lowest BCUT2D eigenvalue weighted by atomic mass is 10.2. The first-order chi connectivity index (χ1) is 7.38. The van der Waals surface area contributed by atoms with Crippen LogP contribution in [0.15, 0.2) is 0 Å². The van der Waals surface area contributed by atoms with Crippen molar-refractivity contribution >= 4 is 11.9 Å². The van der Waals surface area contributed by atoms with Gasteiger partial charge < -0.3 is 10.1 Å². The van der Waals surface area contributed by atoms with E-state index in [1.807, 2.05) is 0 Å². The molecule has 1 aromatic heterocycles. The molecule has 0 aromatic carbocycles. The first-order valence-corrected chi connectivity index (χ1v) is 4.62. The minimum absolute atomic E-state index is 0.0224. The maximum Gasteiger partial charge on any atom is 0.397 e. The summed E-state index contributed by atoms with van der Waals surface area (Å²) in [6.45, 7) is 5.06. The lowest BCUT2D eigenvalue weighted by Crippen LogP contribution is -2.36. The standard InChI is InChI=1S/C8H13N5O3/c1-8(2,3)16-7(15)6(14)9-4-5-10-12-13-11-5/h4H2,1-3H3,(H,9,14)(H,10,11,12,13). The molecule has 0 atom stereocenters. The van der Waals surface area contributed by atoms with Crippen LogP contribution in [0.25, 0.3) is 0 Å². The van der Waals surface area contributed by atoms with Crippen LogP contribution in [0.2, 0.25) is 0 Å². The van der Waals surface area contributed by atoms with Gasteiger partial charge in [-0.1, -0.05) is 5.21 Å². The molecule has 0 fully saturated rings. The molecule has 0 unspecified atom stereocenters. The molecule has 0 radical (unpaired) electrons. The van der Waals surface area contributed by atoms with Crippen LogP contribution in [0, 0.1) is 0 Å². The third kappa shape index (κ3) is 4.03. The number of amides is 1. The van der Waals surface area contributed by atoms with Gasteiger partial charge in [0.2, 0.25) is 0 Å². The van der Waals surface area contributed by atoms with Gasteiger partial charge in [-0.05, 0) is 20.8 Å². The predicted molar refractivity (Wildman–Crippen MR) is 51.9 cm³/mol. The zero-order valence-corrected chi connectivity index (χ0v) is 9.27. The molecule has 1 amide bonds. The van der Waals surface area contributed by atoms with Crippen LogP contribution in [-0.4, -0.2) is 38.1 Å². The molecule has 16 heavy (non-hydrogen) atoms. The SMILES string of the molecule is CC(C)(C)OC(=O)C(=O)NCc1nn[nH]n1. The lowest BCUT2D eigenvalue weighted by molar-refractivity contribution is -0.163. The highest BCUT2D eigenvalue weighted by Crippen LogP contribution is 2.06. The van der Waals surface area contributed by atoms with E-state index in [0.717, 1.165) is 0 Å². The number of tetrazole rings is 1. The number of nitrogens with one attached hydrogen (secondary N) is 2. The molecule has 0 aliphatic carbocycles. The van der Waals surface area contributed by atoms with Crippen LogP contribution in [0.1, 0.15) is 26.6 Å². The Labute approximate surface area is 91.7 Å². The Morgan fingerprint density at radius 3 is 2.62 bits per heavy atom. The van der Waals surface area contributed by atoms with E-state index >= 15 is 0 Å². The van der Waals surface area contributed by atoms with Crippen LogP contribution in [-0.2, 0) is 20.9 Å². The van der Waals surface area contributed by atoms with Crippen molar-refractivity contribution < 1.29 is 14.3 Å². The van der Waals surface area contributed by atoms with E-state index in [1.54, 1.807) is 20.8 Å². The van der Waals surface area contributed by atoms with Gasteiger partial charge >= 0.3 is 11.9 Å². The third-order valence-electron chi connectivity index (χ3n) is 1.38. The van der Waals surface area contributed by atoms with Crippen molar-refractivity contribution in [2.45, 2.75) is 32.9 Å². The number of carbonyl (C=O) groups excluding carboxylic acids is 2.